The van der Waals surface area contributed by atoms with Crippen LogP contribution in [0.1, 0.15) is 6.92 Å². The molecule has 0 aromatic heterocycles. The molecule has 1 rings (SSSR count). The van der Waals surface area contributed by atoms with Gasteiger partial charge in [-0.2, -0.15) is 0 Å². The zero-order valence-corrected chi connectivity index (χ0v) is 12.3. The fourth-order valence-corrected chi connectivity index (χ4v) is 2.36. The third kappa shape index (κ3) is 4.15. The van der Waals surface area contributed by atoms with Crippen LogP contribution in [0, 0.1) is 11.7 Å². The average molecular weight is 355 g/mol. The molecule has 0 aliphatic carbocycles. The van der Waals surface area contributed by atoms with Gasteiger partial charge in [-0.3, -0.25) is 4.79 Å². The topological polar surface area (TPSA) is 112 Å². The van der Waals surface area contributed by atoms with Crippen LogP contribution in [0.2, 0.25) is 0 Å². The molecule has 0 aliphatic heterocycles. The van der Waals surface area contributed by atoms with E-state index in [0.29, 0.717) is 0 Å². The zero-order chi connectivity index (χ0) is 14.8. The van der Waals surface area contributed by atoms with Gasteiger partial charge in [0.05, 0.1) is 17.0 Å². The van der Waals surface area contributed by atoms with Crippen molar-refractivity contribution >= 4 is 31.9 Å². The van der Waals surface area contributed by atoms with Crippen LogP contribution in [0.25, 0.3) is 0 Å². The molecule has 0 aliphatic rings. The molecule has 0 bridgehead atoms. The van der Waals surface area contributed by atoms with Crippen LogP contribution in [0.3, 0.4) is 0 Å². The van der Waals surface area contributed by atoms with Crippen LogP contribution in [0.15, 0.2) is 21.5 Å². The highest BCUT2D eigenvalue weighted by molar-refractivity contribution is 9.10. The fourth-order valence-electron chi connectivity index (χ4n) is 1.14. The number of primary amides is 1. The Morgan fingerprint density at radius 2 is 2.11 bits per heavy atom. The van der Waals surface area contributed by atoms with E-state index in [1.807, 2.05) is 0 Å². The third-order valence-corrected chi connectivity index (χ3v) is 3.81. The first-order valence-electron chi connectivity index (χ1n) is 5.07. The molecule has 1 unspecified atom stereocenters. The predicted octanol–water partition coefficient (Wildman–Crippen LogP) is 0.736. The maximum absolute atomic E-state index is 13.6. The molecule has 4 N–H and O–H groups in total. The molecule has 0 radical (unpaired) electrons. The Morgan fingerprint density at radius 3 is 2.58 bits per heavy atom. The second kappa shape index (κ2) is 5.85. The number of hydrogen-bond acceptors (Lipinski definition) is 4. The van der Waals surface area contributed by atoms with Crippen LogP contribution in [0.5, 0.6) is 5.75 Å². The summed E-state index contributed by atoms with van der Waals surface area (Å²) in [5, 5.41) is 4.85. The molecule has 6 nitrogen and oxygen atoms in total. The summed E-state index contributed by atoms with van der Waals surface area (Å²) in [5.74, 6) is -2.10. The van der Waals surface area contributed by atoms with E-state index in [1.54, 1.807) is 6.92 Å². The van der Waals surface area contributed by atoms with Gasteiger partial charge in [0, 0.05) is 6.07 Å². The van der Waals surface area contributed by atoms with Crippen molar-refractivity contribution in [2.75, 3.05) is 6.61 Å². The van der Waals surface area contributed by atoms with Crippen molar-refractivity contribution in [1.82, 2.24) is 0 Å². The molecule has 19 heavy (non-hydrogen) atoms. The van der Waals surface area contributed by atoms with Gasteiger partial charge in [-0.05, 0) is 22.0 Å². The first-order chi connectivity index (χ1) is 8.62. The average Bonchev–Trinajstić information content (AvgIpc) is 2.27. The minimum atomic E-state index is -4.15. The van der Waals surface area contributed by atoms with Crippen molar-refractivity contribution in [3.63, 3.8) is 0 Å². The largest absolute Gasteiger partial charge is 0.491 e. The molecule has 0 spiro atoms. The van der Waals surface area contributed by atoms with Gasteiger partial charge in [0.2, 0.25) is 15.9 Å². The van der Waals surface area contributed by atoms with Crippen LogP contribution >= 0.6 is 15.9 Å². The molecule has 0 saturated heterocycles. The van der Waals surface area contributed by atoms with Crippen LogP contribution < -0.4 is 15.6 Å². The van der Waals surface area contributed by atoms with Gasteiger partial charge in [0.25, 0.3) is 0 Å². The number of carbonyl (C=O) groups excluding carboxylic acids is 1. The second-order valence-electron chi connectivity index (χ2n) is 3.87. The lowest BCUT2D eigenvalue weighted by Crippen LogP contribution is -2.25. The third-order valence-electron chi connectivity index (χ3n) is 2.27. The van der Waals surface area contributed by atoms with Gasteiger partial charge in [0.15, 0.2) is 0 Å². The normalized spacial score (nSPS) is 13.1. The zero-order valence-electron chi connectivity index (χ0n) is 9.89. The monoisotopic (exact) mass is 354 g/mol. The summed E-state index contributed by atoms with van der Waals surface area (Å²) in [4.78, 5) is 10.2. The highest BCUT2D eigenvalue weighted by Crippen LogP contribution is 2.30. The van der Waals surface area contributed by atoms with Gasteiger partial charge in [-0.25, -0.2) is 17.9 Å². The number of rotatable bonds is 5. The van der Waals surface area contributed by atoms with E-state index in [9.17, 15) is 17.6 Å². The first-order valence-corrected chi connectivity index (χ1v) is 7.41. The number of halogens is 2. The number of carbonyl (C=O) groups is 1. The van der Waals surface area contributed by atoms with E-state index < -0.39 is 32.6 Å². The Bertz CT molecular complexity index is 606. The molecule has 106 valence electrons. The molecular formula is C10H12BrFN2O4S. The van der Waals surface area contributed by atoms with E-state index in [0.717, 1.165) is 12.1 Å². The van der Waals surface area contributed by atoms with Crippen molar-refractivity contribution in [3.05, 3.63) is 22.4 Å². The molecule has 0 saturated carbocycles. The van der Waals surface area contributed by atoms with Gasteiger partial charge in [0.1, 0.15) is 16.5 Å². The van der Waals surface area contributed by atoms with Crippen LogP contribution in [-0.2, 0) is 14.8 Å². The van der Waals surface area contributed by atoms with Gasteiger partial charge in [-0.1, -0.05) is 6.92 Å². The van der Waals surface area contributed by atoms with E-state index in [2.05, 4.69) is 15.9 Å². The number of amides is 1. The number of primary sulfonamides is 1. The Balaban J connectivity index is 3.00. The maximum atomic E-state index is 13.6. The van der Waals surface area contributed by atoms with E-state index in [1.165, 1.54) is 0 Å². The lowest BCUT2D eigenvalue weighted by atomic mass is 10.2. The van der Waals surface area contributed by atoms with Gasteiger partial charge >= 0.3 is 0 Å². The molecule has 1 aromatic carbocycles. The first kappa shape index (κ1) is 15.9. The second-order valence-corrected chi connectivity index (χ2v) is 6.26. The minimum Gasteiger partial charge on any atom is -0.491 e. The van der Waals surface area contributed by atoms with Crippen molar-refractivity contribution in [3.8, 4) is 5.75 Å². The summed E-state index contributed by atoms with van der Waals surface area (Å²) in [7, 11) is -4.15. The van der Waals surface area contributed by atoms with E-state index >= 15 is 0 Å². The summed E-state index contributed by atoms with van der Waals surface area (Å²) in [6.45, 7) is 1.49. The summed E-state index contributed by atoms with van der Waals surface area (Å²) in [6, 6.07) is 1.87. The smallest absolute Gasteiger partial charge is 0.241 e. The minimum absolute atomic E-state index is 0.0535. The molecule has 1 atom stereocenters. The number of benzene rings is 1. The summed E-state index contributed by atoms with van der Waals surface area (Å²) in [6.07, 6.45) is 0. The Kier molecular flexibility index (Phi) is 4.88. The maximum Gasteiger partial charge on any atom is 0.241 e. The van der Waals surface area contributed by atoms with Crippen molar-refractivity contribution < 1.29 is 22.3 Å². The summed E-state index contributed by atoms with van der Waals surface area (Å²) in [5.41, 5.74) is 5.05. The Labute approximate surface area is 118 Å². The highest BCUT2D eigenvalue weighted by atomic mass is 79.9. The van der Waals surface area contributed by atoms with Gasteiger partial charge < -0.3 is 10.5 Å². The SMILES string of the molecule is CC(COc1cc(F)c(S(N)(=O)=O)cc1Br)C(N)=O. The number of hydrogen-bond donors (Lipinski definition) is 2. The molecule has 0 heterocycles. The summed E-state index contributed by atoms with van der Waals surface area (Å²) >= 11 is 3.03. The van der Waals surface area contributed by atoms with Crippen LogP contribution in [-0.4, -0.2) is 20.9 Å². The van der Waals surface area contributed by atoms with Gasteiger partial charge in [-0.15, -0.1) is 0 Å². The predicted molar refractivity (Wildman–Crippen MR) is 69.3 cm³/mol. The standard InChI is InChI=1S/C10H12BrFN2O4S/c1-5(10(13)15)4-18-8-3-7(12)9(2-6(8)11)19(14,16)17/h2-3,5H,4H2,1H3,(H2,13,15)(H2,14,16,17). The fraction of sp³-hybridized carbons (Fsp3) is 0.300. The molecule has 0 fully saturated rings. The van der Waals surface area contributed by atoms with E-state index in [4.69, 9.17) is 15.6 Å². The lowest BCUT2D eigenvalue weighted by molar-refractivity contribution is -0.122. The number of sulfonamides is 1. The van der Waals surface area contributed by atoms with Crippen LogP contribution in [0.4, 0.5) is 4.39 Å². The van der Waals surface area contributed by atoms with Crippen molar-refractivity contribution in [1.29, 1.82) is 0 Å². The molecule has 1 amide bonds. The molecule has 9 heteroatoms. The lowest BCUT2D eigenvalue weighted by Gasteiger charge is -2.12. The molecular weight excluding hydrogens is 343 g/mol. The van der Waals surface area contributed by atoms with E-state index in [-0.39, 0.29) is 16.8 Å². The number of ether oxygens (including phenoxy) is 1. The molecule has 1 aromatic rings. The van der Waals surface area contributed by atoms with Crippen molar-refractivity contribution in [2.24, 2.45) is 16.8 Å². The Morgan fingerprint density at radius 1 is 1.53 bits per heavy atom. The number of nitrogens with two attached hydrogens (primary N) is 2. The highest BCUT2D eigenvalue weighted by Gasteiger charge is 2.18. The Hall–Kier alpha value is -1.19. The van der Waals surface area contributed by atoms with Crippen molar-refractivity contribution in [2.45, 2.75) is 11.8 Å². The summed E-state index contributed by atoms with van der Waals surface area (Å²) < 4.78 is 41.1. The quantitative estimate of drug-likeness (QED) is 0.811.